The highest BCUT2D eigenvalue weighted by Crippen LogP contribution is 2.45. The van der Waals surface area contributed by atoms with Gasteiger partial charge in [0.15, 0.2) is 12.2 Å². The maximum absolute atomic E-state index is 13.1. The van der Waals surface area contributed by atoms with Crippen molar-refractivity contribution in [3.8, 4) is 0 Å². The molecule has 3 N–H and O–H groups in total. The van der Waals surface area contributed by atoms with Gasteiger partial charge in [0.2, 0.25) is 0 Å². The highest BCUT2D eigenvalue weighted by Gasteiger charge is 2.30. The summed E-state index contributed by atoms with van der Waals surface area (Å²) in [6.07, 6.45) is 55.6. The molecule has 0 aliphatic rings. The SMILES string of the molecule is CCCCCCCCCCCCCCCCCCCCCC(=O)O[C@H](COC(=O)CCCCCCCCCCCCCCCC)COP(=O)(O)OC[C@@H](O)COP(=O)(O)OC[C@@H](COC(=O)CCCCCCCCCCC(C)C)OC(=O)CCCCCCCCCCC(C)C. The Labute approximate surface area is 581 Å². The minimum absolute atomic E-state index is 0.104. The second-order valence-corrected chi connectivity index (χ2v) is 31.3. The summed E-state index contributed by atoms with van der Waals surface area (Å²) in [7, 11) is -9.91. The summed E-state index contributed by atoms with van der Waals surface area (Å²) in [6, 6.07) is 0. The maximum atomic E-state index is 13.1. The lowest BCUT2D eigenvalue weighted by atomic mass is 10.0. The van der Waals surface area contributed by atoms with Crippen molar-refractivity contribution in [3.63, 3.8) is 0 Å². The molecule has 0 bridgehead atoms. The molecule has 0 aliphatic carbocycles. The van der Waals surface area contributed by atoms with Crippen LogP contribution in [-0.4, -0.2) is 96.7 Å². The van der Waals surface area contributed by atoms with Crippen LogP contribution in [0.5, 0.6) is 0 Å². The molecule has 0 aromatic carbocycles. The third-order valence-corrected chi connectivity index (χ3v) is 19.6. The lowest BCUT2D eigenvalue weighted by Crippen LogP contribution is -2.30. The average Bonchev–Trinajstić information content (AvgIpc) is 1.76. The summed E-state index contributed by atoms with van der Waals surface area (Å²) < 4.78 is 68.5. The maximum Gasteiger partial charge on any atom is 0.472 e. The minimum atomic E-state index is -4.96. The fourth-order valence-corrected chi connectivity index (χ4v) is 13.2. The molecule has 0 amide bonds. The van der Waals surface area contributed by atoms with E-state index in [0.29, 0.717) is 25.7 Å². The van der Waals surface area contributed by atoms with E-state index in [-0.39, 0.29) is 25.7 Å². The normalized spacial score (nSPS) is 14.0. The highest BCUT2D eigenvalue weighted by atomic mass is 31.2. The van der Waals surface area contributed by atoms with Gasteiger partial charge in [0.1, 0.15) is 19.3 Å². The first-order chi connectivity index (χ1) is 45.9. The lowest BCUT2D eigenvalue weighted by Gasteiger charge is -2.21. The van der Waals surface area contributed by atoms with Gasteiger partial charge in [-0.25, -0.2) is 9.13 Å². The van der Waals surface area contributed by atoms with Crippen LogP contribution in [-0.2, 0) is 65.4 Å². The van der Waals surface area contributed by atoms with Crippen LogP contribution in [0, 0.1) is 11.8 Å². The van der Waals surface area contributed by atoms with Crippen LogP contribution < -0.4 is 0 Å². The zero-order valence-corrected chi connectivity index (χ0v) is 63.8. The number of rotatable bonds is 75. The van der Waals surface area contributed by atoms with Crippen molar-refractivity contribution in [2.75, 3.05) is 39.6 Å². The van der Waals surface area contributed by atoms with E-state index in [1.165, 1.54) is 212 Å². The number of ether oxygens (including phenoxy) is 4. The van der Waals surface area contributed by atoms with Crippen molar-refractivity contribution in [2.45, 2.75) is 413 Å². The standard InChI is InChI=1S/C76H148O17P2/c1-7-9-11-13-15-17-19-21-23-24-25-26-27-29-31-33-42-48-54-60-75(80)92-71(64-86-73(78)58-52-46-40-32-30-28-22-20-18-16-14-12-10-8-2)66-90-94(82,83)88-62-70(77)63-89-95(84,85)91-67-72(93-76(81)61-55-49-43-37-35-39-45-51-57-69(5)6)65-87-74(79)59-53-47-41-36-34-38-44-50-56-68(3)4/h68-72,77H,7-67H2,1-6H3,(H,82,83)(H,84,85)/t70-,71-,72-/m1/s1. The molecule has 5 atom stereocenters. The molecule has 0 rings (SSSR count). The molecule has 17 nitrogen and oxygen atoms in total. The van der Waals surface area contributed by atoms with Crippen molar-refractivity contribution in [3.05, 3.63) is 0 Å². The number of carbonyl (C=O) groups is 4. The Hall–Kier alpha value is -1.94. The molecule has 0 aromatic heterocycles. The Morgan fingerprint density at radius 2 is 0.484 bits per heavy atom. The molecule has 0 fully saturated rings. The molecule has 2 unspecified atom stereocenters. The molecule has 0 spiro atoms. The van der Waals surface area contributed by atoms with E-state index < -0.39 is 97.5 Å². The summed E-state index contributed by atoms with van der Waals surface area (Å²) in [5.41, 5.74) is 0. The molecular formula is C76H148O17P2. The number of esters is 4. The van der Waals surface area contributed by atoms with Crippen LogP contribution in [0.2, 0.25) is 0 Å². The average molecular weight is 1400 g/mol. The molecule has 0 saturated heterocycles. The largest absolute Gasteiger partial charge is 0.472 e. The van der Waals surface area contributed by atoms with Gasteiger partial charge in [-0.15, -0.1) is 0 Å². The molecule has 0 aromatic rings. The molecule has 0 radical (unpaired) electrons. The first-order valence-electron chi connectivity index (χ1n) is 39.5. The molecule has 0 aliphatic heterocycles. The van der Waals surface area contributed by atoms with Crippen molar-refractivity contribution in [1.82, 2.24) is 0 Å². The fourth-order valence-electron chi connectivity index (χ4n) is 11.7. The number of aliphatic hydroxyl groups is 1. The summed E-state index contributed by atoms with van der Waals surface area (Å²) in [4.78, 5) is 72.8. The zero-order valence-electron chi connectivity index (χ0n) is 62.0. The molecule has 19 heteroatoms. The van der Waals surface area contributed by atoms with Gasteiger partial charge in [-0.05, 0) is 37.5 Å². The third kappa shape index (κ3) is 70.3. The number of carbonyl (C=O) groups excluding carboxylic acids is 4. The first kappa shape index (κ1) is 93.1. The van der Waals surface area contributed by atoms with E-state index in [9.17, 15) is 43.2 Å². The van der Waals surface area contributed by atoms with Gasteiger partial charge in [-0.1, -0.05) is 343 Å². The molecule has 95 heavy (non-hydrogen) atoms. The van der Waals surface area contributed by atoms with Crippen LogP contribution in [0.3, 0.4) is 0 Å². The van der Waals surface area contributed by atoms with E-state index in [4.69, 9.17) is 37.0 Å². The van der Waals surface area contributed by atoms with Gasteiger partial charge in [0.25, 0.3) is 0 Å². The van der Waals surface area contributed by atoms with Crippen LogP contribution in [0.25, 0.3) is 0 Å². The van der Waals surface area contributed by atoms with E-state index in [0.717, 1.165) is 102 Å². The van der Waals surface area contributed by atoms with Crippen LogP contribution in [0.4, 0.5) is 0 Å². The monoisotopic (exact) mass is 1400 g/mol. The minimum Gasteiger partial charge on any atom is -0.462 e. The van der Waals surface area contributed by atoms with E-state index >= 15 is 0 Å². The Morgan fingerprint density at radius 3 is 0.716 bits per heavy atom. The van der Waals surface area contributed by atoms with Crippen molar-refractivity contribution < 1.29 is 80.2 Å². The van der Waals surface area contributed by atoms with Gasteiger partial charge in [0, 0.05) is 25.7 Å². The van der Waals surface area contributed by atoms with Crippen molar-refractivity contribution >= 4 is 39.5 Å². The molecular weight excluding hydrogens is 1250 g/mol. The second-order valence-electron chi connectivity index (χ2n) is 28.3. The van der Waals surface area contributed by atoms with E-state index in [1.54, 1.807) is 0 Å². The van der Waals surface area contributed by atoms with E-state index in [2.05, 4.69) is 41.5 Å². The first-order valence-corrected chi connectivity index (χ1v) is 42.5. The Balaban J connectivity index is 5.23. The quantitative estimate of drug-likeness (QED) is 0.0222. The fraction of sp³-hybridized carbons (Fsp3) is 0.947. The van der Waals surface area contributed by atoms with Crippen LogP contribution >= 0.6 is 15.6 Å². The molecule has 564 valence electrons. The van der Waals surface area contributed by atoms with Crippen LogP contribution in [0.15, 0.2) is 0 Å². The number of hydrogen-bond acceptors (Lipinski definition) is 15. The smallest absolute Gasteiger partial charge is 0.462 e. The summed E-state index contributed by atoms with van der Waals surface area (Å²) in [5, 5.41) is 10.6. The third-order valence-electron chi connectivity index (χ3n) is 17.7. The molecule has 0 heterocycles. The number of unbranched alkanes of at least 4 members (excludes halogenated alkanes) is 45. The zero-order chi connectivity index (χ0) is 70.0. The van der Waals surface area contributed by atoms with Gasteiger partial charge in [0.05, 0.1) is 26.4 Å². The van der Waals surface area contributed by atoms with Crippen LogP contribution in [0.1, 0.15) is 395 Å². The Morgan fingerprint density at radius 1 is 0.284 bits per heavy atom. The topological polar surface area (TPSA) is 237 Å². The predicted octanol–water partition coefficient (Wildman–Crippen LogP) is 22.3. The number of aliphatic hydroxyl groups excluding tert-OH is 1. The summed E-state index contributed by atoms with van der Waals surface area (Å²) in [5.74, 6) is -0.673. The summed E-state index contributed by atoms with van der Waals surface area (Å²) >= 11 is 0. The number of phosphoric acid groups is 2. The number of hydrogen-bond donors (Lipinski definition) is 3. The van der Waals surface area contributed by atoms with Gasteiger partial charge >= 0.3 is 39.5 Å². The summed E-state index contributed by atoms with van der Waals surface area (Å²) in [6.45, 7) is 9.52. The molecule has 0 saturated carbocycles. The van der Waals surface area contributed by atoms with Gasteiger partial charge in [-0.2, -0.15) is 0 Å². The number of phosphoric ester groups is 2. The van der Waals surface area contributed by atoms with Gasteiger partial charge in [-0.3, -0.25) is 37.3 Å². The van der Waals surface area contributed by atoms with E-state index in [1.807, 2.05) is 0 Å². The second kappa shape index (κ2) is 67.9. The highest BCUT2D eigenvalue weighted by molar-refractivity contribution is 7.47. The predicted molar refractivity (Wildman–Crippen MR) is 386 cm³/mol. The van der Waals surface area contributed by atoms with Crippen molar-refractivity contribution in [2.24, 2.45) is 11.8 Å². The van der Waals surface area contributed by atoms with Gasteiger partial charge < -0.3 is 33.8 Å². The Bertz CT molecular complexity index is 1840. The Kier molecular flexibility index (Phi) is 66.5. The van der Waals surface area contributed by atoms with Crippen molar-refractivity contribution in [1.29, 1.82) is 0 Å². The lowest BCUT2D eigenvalue weighted by molar-refractivity contribution is -0.161.